The number of carbonyl (C=O) groups is 1. The predicted octanol–water partition coefficient (Wildman–Crippen LogP) is 2.12. The molecule has 0 fully saturated rings. The van der Waals surface area contributed by atoms with Gasteiger partial charge in [-0.1, -0.05) is 0 Å². The highest BCUT2D eigenvalue weighted by Gasteiger charge is 2.10. The topological polar surface area (TPSA) is 64.4 Å². The number of rotatable bonds is 4. The number of ether oxygens (including phenoxy) is 1. The van der Waals surface area contributed by atoms with Gasteiger partial charge in [-0.05, 0) is 42.7 Å². The molecular weight excluding hydrogens is 244 g/mol. The minimum absolute atomic E-state index is 0.0420. The average Bonchev–Trinajstić information content (AvgIpc) is 2.82. The van der Waals surface area contributed by atoms with Crippen LogP contribution in [0.3, 0.4) is 0 Å². The molecule has 1 aromatic carbocycles. The van der Waals surface area contributed by atoms with Gasteiger partial charge in [-0.15, -0.1) is 0 Å². The van der Waals surface area contributed by atoms with Crippen molar-refractivity contribution in [2.24, 2.45) is 0 Å². The van der Waals surface area contributed by atoms with Crippen LogP contribution in [-0.2, 0) is 11.2 Å². The zero-order valence-electron chi connectivity index (χ0n) is 11.2. The Balaban J connectivity index is 2.41. The minimum Gasteiger partial charge on any atom is -0.493 e. The van der Waals surface area contributed by atoms with Gasteiger partial charge in [0, 0.05) is 0 Å². The van der Waals surface area contributed by atoms with E-state index in [1.54, 1.807) is 24.2 Å². The quantitative estimate of drug-likeness (QED) is 0.914. The molecule has 1 N–H and O–H groups in total. The summed E-state index contributed by atoms with van der Waals surface area (Å²) in [6, 6.07) is 3.86. The van der Waals surface area contributed by atoms with Crippen molar-refractivity contribution in [1.82, 2.24) is 9.78 Å². The number of methoxy groups -OCH3 is 1. The number of benzene rings is 1. The molecule has 2 aromatic rings. The van der Waals surface area contributed by atoms with Crippen molar-refractivity contribution in [2.75, 3.05) is 7.11 Å². The first-order valence-electron chi connectivity index (χ1n) is 5.92. The number of aromatic nitrogens is 2. The first-order valence-corrected chi connectivity index (χ1v) is 5.92. The molecular formula is C14H16N2O3. The number of hydrogen-bond donors (Lipinski definition) is 1. The Hall–Kier alpha value is -2.30. The maximum atomic E-state index is 10.8. The number of nitrogens with zero attached hydrogens (tertiary/aromatic N) is 2. The van der Waals surface area contributed by atoms with Crippen LogP contribution in [0, 0.1) is 13.8 Å². The Labute approximate surface area is 111 Å². The highest BCUT2D eigenvalue weighted by molar-refractivity contribution is 5.71. The second kappa shape index (κ2) is 5.14. The molecule has 5 nitrogen and oxygen atoms in total. The smallest absolute Gasteiger partial charge is 0.307 e. The van der Waals surface area contributed by atoms with Gasteiger partial charge in [0.05, 0.1) is 31.6 Å². The van der Waals surface area contributed by atoms with Gasteiger partial charge in [-0.3, -0.25) is 4.79 Å². The molecule has 0 amide bonds. The van der Waals surface area contributed by atoms with Crippen LogP contribution < -0.4 is 4.74 Å². The van der Waals surface area contributed by atoms with Crippen molar-refractivity contribution < 1.29 is 14.6 Å². The Bertz CT molecular complexity index is 594. The van der Waals surface area contributed by atoms with E-state index in [9.17, 15) is 4.79 Å². The van der Waals surface area contributed by atoms with Crippen LogP contribution in [0.5, 0.6) is 5.75 Å². The third-order valence-corrected chi connectivity index (χ3v) is 3.07. The fourth-order valence-electron chi connectivity index (χ4n) is 2.09. The Morgan fingerprint density at radius 1 is 1.37 bits per heavy atom. The van der Waals surface area contributed by atoms with Gasteiger partial charge in [-0.2, -0.15) is 5.10 Å². The summed E-state index contributed by atoms with van der Waals surface area (Å²) in [6.07, 6.45) is 3.46. The largest absolute Gasteiger partial charge is 0.493 e. The maximum Gasteiger partial charge on any atom is 0.307 e. The van der Waals surface area contributed by atoms with Crippen LogP contribution in [0.25, 0.3) is 5.69 Å². The van der Waals surface area contributed by atoms with Crippen molar-refractivity contribution >= 4 is 5.97 Å². The summed E-state index contributed by atoms with van der Waals surface area (Å²) in [6.45, 7) is 3.82. The molecule has 0 radical (unpaired) electrons. The third kappa shape index (κ3) is 2.76. The standard InChI is InChI=1S/C14H16N2O3/c1-9-4-11(16-8-12(19-3)7-15-16)5-10(2)13(9)6-14(17)18/h4-5,7-8H,6H2,1-3H3,(H,17,18). The van der Waals surface area contributed by atoms with Crippen molar-refractivity contribution in [3.63, 3.8) is 0 Å². The van der Waals surface area contributed by atoms with E-state index in [0.29, 0.717) is 5.75 Å². The van der Waals surface area contributed by atoms with Gasteiger partial charge in [0.25, 0.3) is 0 Å². The summed E-state index contributed by atoms with van der Waals surface area (Å²) in [5, 5.41) is 13.1. The highest BCUT2D eigenvalue weighted by atomic mass is 16.5. The van der Waals surface area contributed by atoms with Crippen molar-refractivity contribution in [3.05, 3.63) is 41.2 Å². The highest BCUT2D eigenvalue weighted by Crippen LogP contribution is 2.21. The molecule has 0 unspecified atom stereocenters. The van der Waals surface area contributed by atoms with Gasteiger partial charge < -0.3 is 9.84 Å². The van der Waals surface area contributed by atoms with Gasteiger partial charge in [-0.25, -0.2) is 4.68 Å². The monoisotopic (exact) mass is 260 g/mol. The molecule has 0 saturated heterocycles. The van der Waals surface area contributed by atoms with Gasteiger partial charge in [0.2, 0.25) is 0 Å². The average molecular weight is 260 g/mol. The van der Waals surface area contributed by atoms with E-state index in [2.05, 4.69) is 5.10 Å². The van der Waals surface area contributed by atoms with E-state index >= 15 is 0 Å². The van der Waals surface area contributed by atoms with Gasteiger partial charge in [0.15, 0.2) is 5.75 Å². The summed E-state index contributed by atoms with van der Waals surface area (Å²) < 4.78 is 6.80. The molecule has 0 aliphatic carbocycles. The van der Waals surface area contributed by atoms with E-state index in [1.165, 1.54) is 0 Å². The van der Waals surface area contributed by atoms with E-state index < -0.39 is 5.97 Å². The number of carboxylic acids is 1. The molecule has 5 heteroatoms. The molecule has 0 atom stereocenters. The molecule has 1 aromatic heterocycles. The molecule has 0 aliphatic heterocycles. The van der Waals surface area contributed by atoms with Crippen LogP contribution in [0.2, 0.25) is 0 Å². The van der Waals surface area contributed by atoms with Crippen LogP contribution in [0.1, 0.15) is 16.7 Å². The molecule has 0 aliphatic rings. The normalized spacial score (nSPS) is 10.5. The summed E-state index contributed by atoms with van der Waals surface area (Å²) in [7, 11) is 1.59. The first kappa shape index (κ1) is 13.1. The van der Waals surface area contributed by atoms with Gasteiger partial charge in [0.1, 0.15) is 0 Å². The van der Waals surface area contributed by atoms with Crippen LogP contribution in [0.4, 0.5) is 0 Å². The SMILES string of the molecule is COc1cnn(-c2cc(C)c(CC(=O)O)c(C)c2)c1. The van der Waals surface area contributed by atoms with Crippen molar-refractivity contribution in [2.45, 2.75) is 20.3 Å². The maximum absolute atomic E-state index is 10.8. The summed E-state index contributed by atoms with van der Waals surface area (Å²) in [5.41, 5.74) is 3.65. The number of aryl methyl sites for hydroxylation is 2. The molecule has 0 bridgehead atoms. The number of hydrogen-bond acceptors (Lipinski definition) is 3. The lowest BCUT2D eigenvalue weighted by Crippen LogP contribution is -2.06. The van der Waals surface area contributed by atoms with Crippen LogP contribution in [-0.4, -0.2) is 28.0 Å². The van der Waals surface area contributed by atoms with Crippen molar-refractivity contribution in [1.29, 1.82) is 0 Å². The van der Waals surface area contributed by atoms with Crippen LogP contribution >= 0.6 is 0 Å². The summed E-state index contributed by atoms with van der Waals surface area (Å²) in [4.78, 5) is 10.8. The zero-order chi connectivity index (χ0) is 14.0. The Morgan fingerprint density at radius 2 is 2.00 bits per heavy atom. The molecule has 100 valence electrons. The molecule has 1 heterocycles. The minimum atomic E-state index is -0.820. The fourth-order valence-corrected chi connectivity index (χ4v) is 2.09. The number of aliphatic carboxylic acids is 1. The lowest BCUT2D eigenvalue weighted by atomic mass is 9.99. The fraction of sp³-hybridized carbons (Fsp3) is 0.286. The van der Waals surface area contributed by atoms with E-state index in [-0.39, 0.29) is 6.42 Å². The molecule has 2 rings (SSSR count). The number of carboxylic acid groups (broad SMARTS) is 1. The lowest BCUT2D eigenvalue weighted by Gasteiger charge is -2.11. The third-order valence-electron chi connectivity index (χ3n) is 3.07. The molecule has 0 saturated carbocycles. The summed E-state index contributed by atoms with van der Waals surface area (Å²) in [5.74, 6) is -0.135. The second-order valence-corrected chi connectivity index (χ2v) is 4.45. The van der Waals surface area contributed by atoms with E-state index in [4.69, 9.17) is 9.84 Å². The first-order chi connectivity index (χ1) is 9.01. The van der Waals surface area contributed by atoms with Crippen LogP contribution in [0.15, 0.2) is 24.5 Å². The van der Waals surface area contributed by atoms with E-state index in [1.807, 2.05) is 26.0 Å². The second-order valence-electron chi connectivity index (χ2n) is 4.45. The molecule has 0 spiro atoms. The Morgan fingerprint density at radius 3 is 2.47 bits per heavy atom. The predicted molar refractivity (Wildman–Crippen MR) is 70.9 cm³/mol. The summed E-state index contributed by atoms with van der Waals surface area (Å²) >= 11 is 0. The van der Waals surface area contributed by atoms with Gasteiger partial charge >= 0.3 is 5.97 Å². The molecule has 19 heavy (non-hydrogen) atoms. The van der Waals surface area contributed by atoms with E-state index in [0.717, 1.165) is 22.4 Å². The van der Waals surface area contributed by atoms with Crippen molar-refractivity contribution in [3.8, 4) is 11.4 Å². The Kier molecular flexibility index (Phi) is 3.55. The zero-order valence-corrected chi connectivity index (χ0v) is 11.2. The lowest BCUT2D eigenvalue weighted by molar-refractivity contribution is -0.136.